The molecule has 0 radical (unpaired) electrons. The maximum atomic E-state index is 13.0. The average molecular weight is 521 g/mol. The number of carboxylic acid groups (broad SMARTS) is 1. The summed E-state index contributed by atoms with van der Waals surface area (Å²) in [4.78, 5) is 52.7. The number of nitrogens with two attached hydrogens (primary N) is 2. The van der Waals surface area contributed by atoms with Crippen LogP contribution in [0.1, 0.15) is 31.7 Å². The molecule has 11 N–H and O–H groups in total. The van der Waals surface area contributed by atoms with Crippen molar-refractivity contribution in [3.63, 3.8) is 0 Å². The zero-order chi connectivity index (χ0) is 27.5. The van der Waals surface area contributed by atoms with Gasteiger partial charge in [0.15, 0.2) is 0 Å². The highest BCUT2D eigenvalue weighted by Gasteiger charge is 2.32. The van der Waals surface area contributed by atoms with Crippen LogP contribution >= 0.6 is 0 Å². The van der Waals surface area contributed by atoms with E-state index in [0.29, 0.717) is 19.4 Å². The van der Waals surface area contributed by atoms with E-state index >= 15 is 0 Å². The molecule has 2 rings (SSSR count). The molecule has 13 heteroatoms. The van der Waals surface area contributed by atoms with Crippen molar-refractivity contribution in [2.45, 2.75) is 62.9 Å². The largest absolute Gasteiger partial charge is 0.480 e. The third-order valence-corrected chi connectivity index (χ3v) is 5.89. The first-order chi connectivity index (χ1) is 17.6. The number of unbranched alkanes of at least 4 members (excludes halogenated alkanes) is 1. The summed E-state index contributed by atoms with van der Waals surface area (Å²) < 4.78 is 0. The number of hydrogen-bond donors (Lipinski definition) is 9. The molecule has 0 aliphatic rings. The quantitative estimate of drug-likeness (QED) is 0.119. The molecule has 5 atom stereocenters. The first-order valence-corrected chi connectivity index (χ1v) is 12.0. The maximum absolute atomic E-state index is 13.0. The van der Waals surface area contributed by atoms with E-state index in [-0.39, 0.29) is 12.8 Å². The molecule has 1 aromatic carbocycles. The number of aromatic nitrogens is 1. The molecule has 2 aromatic rings. The van der Waals surface area contributed by atoms with Gasteiger partial charge < -0.3 is 47.7 Å². The molecule has 0 saturated heterocycles. The SMILES string of the molecule is CC(O)C(NC(=O)C(CCCCN)NC(=O)C(N)Cc1c[nH]c2ccccc12)C(=O)NC(CO)C(=O)O. The standard InChI is InChI=1S/C24H36N6O7/c1-13(32)20(23(35)29-19(12-31)24(36)37)30-22(34)18(8-4-5-9-25)28-21(33)16(26)10-14-11-27-17-7-3-2-6-15(14)17/h2-3,6-7,11,13,16,18-20,27,31-32H,4-5,8-10,12,25-26H2,1H3,(H,28,33)(H,29,35)(H,30,34)(H,36,37). The van der Waals surface area contributed by atoms with Crippen molar-refractivity contribution >= 4 is 34.6 Å². The van der Waals surface area contributed by atoms with E-state index in [0.717, 1.165) is 16.5 Å². The summed E-state index contributed by atoms with van der Waals surface area (Å²) in [6, 6.07) is 2.35. The highest BCUT2D eigenvalue weighted by molar-refractivity contribution is 5.94. The lowest BCUT2D eigenvalue weighted by Gasteiger charge is -2.26. The van der Waals surface area contributed by atoms with Crippen LogP contribution in [0, 0.1) is 0 Å². The second-order valence-electron chi connectivity index (χ2n) is 8.82. The Morgan fingerprint density at radius 2 is 1.68 bits per heavy atom. The first-order valence-electron chi connectivity index (χ1n) is 12.0. The lowest BCUT2D eigenvalue weighted by Crippen LogP contribution is -2.60. The summed E-state index contributed by atoms with van der Waals surface area (Å²) in [5.74, 6) is -3.83. The van der Waals surface area contributed by atoms with Crippen LogP contribution in [0.15, 0.2) is 30.5 Å². The minimum absolute atomic E-state index is 0.192. The number of carbonyl (C=O) groups is 4. The predicted octanol–water partition coefficient (Wildman–Crippen LogP) is -1.92. The number of amides is 3. The number of aliphatic hydroxyl groups is 2. The average Bonchev–Trinajstić information content (AvgIpc) is 3.27. The highest BCUT2D eigenvalue weighted by Crippen LogP contribution is 2.19. The summed E-state index contributed by atoms with van der Waals surface area (Å²) in [5.41, 5.74) is 13.4. The molecule has 3 amide bonds. The lowest BCUT2D eigenvalue weighted by molar-refractivity contribution is -0.144. The van der Waals surface area contributed by atoms with Gasteiger partial charge in [-0.15, -0.1) is 0 Å². The molecule has 0 spiro atoms. The van der Waals surface area contributed by atoms with Gasteiger partial charge in [-0.25, -0.2) is 4.79 Å². The third kappa shape index (κ3) is 8.53. The second kappa shape index (κ2) is 14.3. The van der Waals surface area contributed by atoms with Crippen LogP contribution in [0.25, 0.3) is 10.9 Å². The molecule has 204 valence electrons. The highest BCUT2D eigenvalue weighted by atomic mass is 16.4. The zero-order valence-electron chi connectivity index (χ0n) is 20.6. The van der Waals surface area contributed by atoms with Gasteiger partial charge in [-0.2, -0.15) is 0 Å². The molecule has 1 aromatic heterocycles. The van der Waals surface area contributed by atoms with Crippen molar-refractivity contribution < 1.29 is 34.5 Å². The van der Waals surface area contributed by atoms with Crippen LogP contribution in [0.3, 0.4) is 0 Å². The van der Waals surface area contributed by atoms with Crippen molar-refractivity contribution in [3.05, 3.63) is 36.0 Å². The summed E-state index contributed by atoms with van der Waals surface area (Å²) in [6.07, 6.45) is 1.84. The van der Waals surface area contributed by atoms with Crippen LogP contribution in [-0.2, 0) is 25.6 Å². The van der Waals surface area contributed by atoms with Gasteiger partial charge in [-0.05, 0) is 50.8 Å². The van der Waals surface area contributed by atoms with E-state index in [1.54, 1.807) is 6.20 Å². The predicted molar refractivity (Wildman–Crippen MR) is 135 cm³/mol. The number of para-hydroxylation sites is 1. The van der Waals surface area contributed by atoms with E-state index in [2.05, 4.69) is 20.9 Å². The number of benzene rings is 1. The summed E-state index contributed by atoms with van der Waals surface area (Å²) >= 11 is 0. The molecular weight excluding hydrogens is 484 g/mol. The molecule has 5 unspecified atom stereocenters. The first kappa shape index (κ1) is 29.7. The Kier molecular flexibility index (Phi) is 11.5. The number of hydrogen-bond acceptors (Lipinski definition) is 8. The van der Waals surface area contributed by atoms with Crippen molar-refractivity contribution in [1.29, 1.82) is 0 Å². The van der Waals surface area contributed by atoms with Gasteiger partial charge in [0.25, 0.3) is 0 Å². The Balaban J connectivity index is 2.10. The van der Waals surface area contributed by atoms with Crippen LogP contribution in [0.5, 0.6) is 0 Å². The lowest BCUT2D eigenvalue weighted by atomic mass is 10.0. The van der Waals surface area contributed by atoms with Crippen LogP contribution in [0.2, 0.25) is 0 Å². The molecule has 0 aliphatic heterocycles. The molecule has 13 nitrogen and oxygen atoms in total. The molecule has 0 aliphatic carbocycles. The second-order valence-corrected chi connectivity index (χ2v) is 8.82. The van der Waals surface area contributed by atoms with Crippen molar-refractivity contribution in [3.8, 4) is 0 Å². The number of aliphatic hydroxyl groups excluding tert-OH is 2. The summed E-state index contributed by atoms with van der Waals surface area (Å²) in [6.45, 7) is 0.727. The minimum atomic E-state index is -1.62. The van der Waals surface area contributed by atoms with Crippen molar-refractivity contribution in [2.24, 2.45) is 11.5 Å². The Labute approximate surface area is 214 Å². The Morgan fingerprint density at radius 1 is 1.00 bits per heavy atom. The van der Waals surface area contributed by atoms with Crippen molar-refractivity contribution in [1.82, 2.24) is 20.9 Å². The van der Waals surface area contributed by atoms with E-state index in [4.69, 9.17) is 21.7 Å². The Bertz CT molecular complexity index is 1070. The number of carboxylic acids is 1. The number of H-pyrrole nitrogens is 1. The number of rotatable bonds is 15. The smallest absolute Gasteiger partial charge is 0.328 e. The number of aliphatic carboxylic acids is 1. The maximum Gasteiger partial charge on any atom is 0.328 e. The van der Waals surface area contributed by atoms with E-state index in [1.165, 1.54) is 6.92 Å². The molecule has 0 saturated carbocycles. The zero-order valence-corrected chi connectivity index (χ0v) is 20.6. The number of fused-ring (bicyclic) bond motifs is 1. The van der Waals surface area contributed by atoms with E-state index < -0.39 is 60.6 Å². The topological polar surface area (TPSA) is 233 Å². The Morgan fingerprint density at radius 3 is 2.30 bits per heavy atom. The van der Waals surface area contributed by atoms with Crippen molar-refractivity contribution in [2.75, 3.05) is 13.2 Å². The van der Waals surface area contributed by atoms with E-state index in [1.807, 2.05) is 24.3 Å². The number of carbonyl (C=O) groups excluding carboxylic acids is 3. The van der Waals surface area contributed by atoms with Gasteiger partial charge >= 0.3 is 5.97 Å². The fourth-order valence-electron chi connectivity index (χ4n) is 3.78. The number of aromatic amines is 1. The van der Waals surface area contributed by atoms with Crippen LogP contribution < -0.4 is 27.4 Å². The molecule has 0 fully saturated rings. The fraction of sp³-hybridized carbons (Fsp3) is 0.500. The monoisotopic (exact) mass is 520 g/mol. The normalized spacial score (nSPS) is 15.3. The van der Waals surface area contributed by atoms with Gasteiger partial charge in [0, 0.05) is 17.1 Å². The molecule has 1 heterocycles. The molecule has 0 bridgehead atoms. The van der Waals surface area contributed by atoms with Gasteiger partial charge in [-0.3, -0.25) is 14.4 Å². The van der Waals surface area contributed by atoms with E-state index in [9.17, 15) is 24.3 Å². The Hall–Kier alpha value is -3.52. The van der Waals surface area contributed by atoms with Gasteiger partial charge in [0.2, 0.25) is 17.7 Å². The van der Waals surface area contributed by atoms with Crippen LogP contribution in [0.4, 0.5) is 0 Å². The minimum Gasteiger partial charge on any atom is -0.480 e. The molecular formula is C24H36N6O7. The van der Waals surface area contributed by atoms with Gasteiger partial charge in [0.1, 0.15) is 18.1 Å². The third-order valence-electron chi connectivity index (χ3n) is 5.89. The van der Waals surface area contributed by atoms with Gasteiger partial charge in [0.05, 0.1) is 18.8 Å². The van der Waals surface area contributed by atoms with Gasteiger partial charge in [-0.1, -0.05) is 18.2 Å². The summed E-state index contributed by atoms with van der Waals surface area (Å²) in [7, 11) is 0. The molecule has 37 heavy (non-hydrogen) atoms. The summed E-state index contributed by atoms with van der Waals surface area (Å²) in [5, 5.41) is 36.2. The van der Waals surface area contributed by atoms with Crippen LogP contribution in [-0.4, -0.2) is 87.4 Å². The number of nitrogens with one attached hydrogen (secondary N) is 4. The fourth-order valence-corrected chi connectivity index (χ4v) is 3.78.